The average molecular weight is 589 g/mol. The van der Waals surface area contributed by atoms with Crippen molar-refractivity contribution in [2.45, 2.75) is 58.7 Å². The van der Waals surface area contributed by atoms with Crippen LogP contribution in [0.3, 0.4) is 0 Å². The standard InChI is InChI=1S/C25H32BrF2N3O4S/c1-17(24(33)29-25(2,3)4)30(16-18-8-10-19(26)11-9-18)23(32)7-6-14-31(36(5,34)35)20-12-13-21(27)22(28)15-20/h8-13,15,17H,6-7,14,16H2,1-5H3,(H,29,33). The molecule has 2 aromatic carbocycles. The zero-order valence-electron chi connectivity index (χ0n) is 21.0. The van der Waals surface area contributed by atoms with Crippen LogP contribution in [0.1, 0.15) is 46.1 Å². The molecular formula is C25H32BrF2N3O4S. The van der Waals surface area contributed by atoms with Crippen LogP contribution in [0.2, 0.25) is 0 Å². The Balaban J connectivity index is 2.20. The van der Waals surface area contributed by atoms with Crippen LogP contribution in [0.15, 0.2) is 46.9 Å². The Kier molecular flexibility index (Phi) is 10.0. The first-order valence-electron chi connectivity index (χ1n) is 11.4. The molecule has 0 aliphatic heterocycles. The molecule has 0 aliphatic rings. The van der Waals surface area contributed by atoms with Crippen molar-refractivity contribution in [3.63, 3.8) is 0 Å². The Morgan fingerprint density at radius 1 is 1.06 bits per heavy atom. The van der Waals surface area contributed by atoms with Crippen LogP contribution in [0, 0.1) is 11.6 Å². The highest BCUT2D eigenvalue weighted by atomic mass is 79.9. The van der Waals surface area contributed by atoms with E-state index in [9.17, 15) is 26.8 Å². The number of carbonyl (C=O) groups excluding carboxylic acids is 2. The minimum Gasteiger partial charge on any atom is -0.350 e. The lowest BCUT2D eigenvalue weighted by atomic mass is 10.1. The lowest BCUT2D eigenvalue weighted by Gasteiger charge is -2.32. The summed E-state index contributed by atoms with van der Waals surface area (Å²) in [6.07, 6.45) is 1.00. The van der Waals surface area contributed by atoms with Crippen molar-refractivity contribution in [1.82, 2.24) is 10.2 Å². The second kappa shape index (κ2) is 12.1. The molecule has 0 spiro atoms. The van der Waals surface area contributed by atoms with Gasteiger partial charge in [0.25, 0.3) is 0 Å². The highest BCUT2D eigenvalue weighted by molar-refractivity contribution is 9.10. The van der Waals surface area contributed by atoms with Crippen LogP contribution in [-0.2, 0) is 26.2 Å². The van der Waals surface area contributed by atoms with Gasteiger partial charge in [0.15, 0.2) is 11.6 Å². The Morgan fingerprint density at radius 3 is 2.19 bits per heavy atom. The molecule has 0 bridgehead atoms. The maximum absolute atomic E-state index is 13.7. The summed E-state index contributed by atoms with van der Waals surface area (Å²) in [6, 6.07) is 9.39. The highest BCUT2D eigenvalue weighted by Gasteiger charge is 2.28. The maximum Gasteiger partial charge on any atom is 0.242 e. The van der Waals surface area contributed by atoms with E-state index in [1.54, 1.807) is 6.92 Å². The summed E-state index contributed by atoms with van der Waals surface area (Å²) in [7, 11) is -3.82. The van der Waals surface area contributed by atoms with Gasteiger partial charge in [0.05, 0.1) is 11.9 Å². The molecular weight excluding hydrogens is 556 g/mol. The third-order valence-electron chi connectivity index (χ3n) is 5.28. The van der Waals surface area contributed by atoms with E-state index in [1.807, 2.05) is 45.0 Å². The van der Waals surface area contributed by atoms with Crippen LogP contribution in [-0.4, -0.2) is 49.5 Å². The largest absolute Gasteiger partial charge is 0.350 e. The lowest BCUT2D eigenvalue weighted by Crippen LogP contribution is -2.52. The number of anilines is 1. The molecule has 0 aliphatic carbocycles. The molecule has 0 heterocycles. The van der Waals surface area contributed by atoms with E-state index >= 15 is 0 Å². The van der Waals surface area contributed by atoms with Crippen LogP contribution < -0.4 is 9.62 Å². The predicted molar refractivity (Wildman–Crippen MR) is 140 cm³/mol. The SMILES string of the molecule is CC(C(=O)NC(C)(C)C)N(Cc1ccc(Br)cc1)C(=O)CCCN(c1ccc(F)c(F)c1)S(C)(=O)=O. The van der Waals surface area contributed by atoms with Crippen molar-refractivity contribution in [3.05, 3.63) is 64.1 Å². The summed E-state index contributed by atoms with van der Waals surface area (Å²) in [5.74, 6) is -2.91. The third-order valence-corrected chi connectivity index (χ3v) is 7.00. The van der Waals surface area contributed by atoms with Crippen molar-refractivity contribution < 1.29 is 26.8 Å². The maximum atomic E-state index is 13.7. The number of halogens is 3. The first kappa shape index (κ1) is 29.7. The van der Waals surface area contributed by atoms with E-state index in [1.165, 1.54) is 11.0 Å². The summed E-state index contributed by atoms with van der Waals surface area (Å²) in [6.45, 7) is 7.24. The number of nitrogens with zero attached hydrogens (tertiary/aromatic N) is 2. The fraction of sp³-hybridized carbons (Fsp3) is 0.440. The van der Waals surface area contributed by atoms with Gasteiger partial charge in [-0.1, -0.05) is 28.1 Å². The quantitative estimate of drug-likeness (QED) is 0.440. The third kappa shape index (κ3) is 8.85. The number of rotatable bonds is 10. The van der Waals surface area contributed by atoms with Gasteiger partial charge >= 0.3 is 0 Å². The Labute approximate surface area is 220 Å². The number of benzene rings is 2. The van der Waals surface area contributed by atoms with Crippen LogP contribution in [0.4, 0.5) is 14.5 Å². The van der Waals surface area contributed by atoms with E-state index in [0.717, 1.165) is 32.7 Å². The molecule has 0 aromatic heterocycles. The van der Waals surface area contributed by atoms with Crippen LogP contribution >= 0.6 is 15.9 Å². The van der Waals surface area contributed by atoms with Crippen LogP contribution in [0.5, 0.6) is 0 Å². The second-order valence-electron chi connectivity index (χ2n) is 9.60. The van der Waals surface area contributed by atoms with E-state index in [4.69, 9.17) is 0 Å². The second-order valence-corrected chi connectivity index (χ2v) is 12.4. The molecule has 1 N–H and O–H groups in total. The monoisotopic (exact) mass is 587 g/mol. The molecule has 36 heavy (non-hydrogen) atoms. The van der Waals surface area contributed by atoms with Crippen molar-refractivity contribution in [2.75, 3.05) is 17.1 Å². The Hall–Kier alpha value is -2.53. The smallest absolute Gasteiger partial charge is 0.242 e. The van der Waals surface area contributed by atoms with Crippen molar-refractivity contribution in [1.29, 1.82) is 0 Å². The van der Waals surface area contributed by atoms with Gasteiger partial charge in [0, 0.05) is 35.6 Å². The summed E-state index contributed by atoms with van der Waals surface area (Å²) < 4.78 is 53.4. The van der Waals surface area contributed by atoms with E-state index < -0.39 is 33.2 Å². The van der Waals surface area contributed by atoms with Crippen molar-refractivity contribution in [3.8, 4) is 0 Å². The molecule has 1 unspecified atom stereocenters. The highest BCUT2D eigenvalue weighted by Crippen LogP contribution is 2.22. The topological polar surface area (TPSA) is 86.8 Å². The number of hydrogen-bond acceptors (Lipinski definition) is 4. The molecule has 2 rings (SSSR count). The van der Waals surface area contributed by atoms with Gasteiger partial charge in [-0.15, -0.1) is 0 Å². The van der Waals surface area contributed by atoms with E-state index in [-0.39, 0.29) is 43.4 Å². The summed E-state index contributed by atoms with van der Waals surface area (Å²) in [5, 5.41) is 2.88. The minimum absolute atomic E-state index is 0.0338. The number of carbonyl (C=O) groups is 2. The molecule has 11 heteroatoms. The summed E-state index contributed by atoms with van der Waals surface area (Å²) >= 11 is 3.37. The van der Waals surface area contributed by atoms with Crippen LogP contribution in [0.25, 0.3) is 0 Å². The van der Waals surface area contributed by atoms with Crippen molar-refractivity contribution >= 4 is 43.5 Å². The molecule has 0 fully saturated rings. The number of nitrogens with one attached hydrogen (secondary N) is 1. The molecule has 0 saturated heterocycles. The minimum atomic E-state index is -3.82. The van der Waals surface area contributed by atoms with Gasteiger partial charge < -0.3 is 10.2 Å². The summed E-state index contributed by atoms with van der Waals surface area (Å²) in [5.41, 5.74) is 0.299. The molecule has 2 aromatic rings. The fourth-order valence-corrected chi connectivity index (χ4v) is 4.71. The molecule has 7 nitrogen and oxygen atoms in total. The molecule has 198 valence electrons. The first-order chi connectivity index (χ1) is 16.6. The average Bonchev–Trinajstić information content (AvgIpc) is 2.75. The molecule has 1 atom stereocenters. The molecule has 0 radical (unpaired) electrons. The lowest BCUT2D eigenvalue weighted by molar-refractivity contribution is -0.141. The fourth-order valence-electron chi connectivity index (χ4n) is 3.49. The number of hydrogen-bond donors (Lipinski definition) is 1. The predicted octanol–water partition coefficient (Wildman–Crippen LogP) is 4.61. The summed E-state index contributed by atoms with van der Waals surface area (Å²) in [4.78, 5) is 27.5. The molecule has 0 saturated carbocycles. The normalized spacial score (nSPS) is 12.7. The van der Waals surface area contributed by atoms with Gasteiger partial charge in [-0.2, -0.15) is 0 Å². The Morgan fingerprint density at radius 2 is 1.67 bits per heavy atom. The van der Waals surface area contributed by atoms with Gasteiger partial charge in [-0.3, -0.25) is 13.9 Å². The van der Waals surface area contributed by atoms with Gasteiger partial charge in [0.1, 0.15) is 6.04 Å². The molecule has 2 amide bonds. The first-order valence-corrected chi connectivity index (χ1v) is 14.0. The zero-order chi connectivity index (χ0) is 27.3. The van der Waals surface area contributed by atoms with E-state index in [2.05, 4.69) is 21.2 Å². The zero-order valence-corrected chi connectivity index (χ0v) is 23.4. The van der Waals surface area contributed by atoms with Gasteiger partial charge in [-0.05, 0) is 63.9 Å². The number of amides is 2. The Bertz CT molecular complexity index is 1180. The van der Waals surface area contributed by atoms with Crippen molar-refractivity contribution in [2.24, 2.45) is 0 Å². The van der Waals surface area contributed by atoms with Gasteiger partial charge in [-0.25, -0.2) is 17.2 Å². The van der Waals surface area contributed by atoms with E-state index in [0.29, 0.717) is 0 Å². The van der Waals surface area contributed by atoms with Gasteiger partial charge in [0.2, 0.25) is 21.8 Å². The number of sulfonamides is 1.